The van der Waals surface area contributed by atoms with Crippen LogP contribution < -0.4 is 5.32 Å². The maximum absolute atomic E-state index is 11.5. The van der Waals surface area contributed by atoms with Gasteiger partial charge in [0.25, 0.3) is 0 Å². The van der Waals surface area contributed by atoms with Gasteiger partial charge in [-0.05, 0) is 20.8 Å². The van der Waals surface area contributed by atoms with Crippen LogP contribution in [0.15, 0.2) is 0 Å². The van der Waals surface area contributed by atoms with E-state index < -0.39 is 15.8 Å². The lowest BCUT2D eigenvalue weighted by molar-refractivity contribution is -0.147. The van der Waals surface area contributed by atoms with Gasteiger partial charge in [-0.1, -0.05) is 0 Å². The highest BCUT2D eigenvalue weighted by Crippen LogP contribution is 2.07. The quantitative estimate of drug-likeness (QED) is 0.573. The molecule has 1 heterocycles. The molecule has 0 aromatic rings. The minimum Gasteiger partial charge on any atom is -0.463 e. The van der Waals surface area contributed by atoms with Gasteiger partial charge in [0, 0.05) is 12.6 Å². The van der Waals surface area contributed by atoms with E-state index in [4.69, 9.17) is 9.47 Å². The van der Waals surface area contributed by atoms with E-state index in [1.54, 1.807) is 0 Å². The highest BCUT2D eigenvalue weighted by atomic mass is 32.2. The molecule has 1 fully saturated rings. The van der Waals surface area contributed by atoms with Gasteiger partial charge >= 0.3 is 5.97 Å². The van der Waals surface area contributed by atoms with Crippen LogP contribution in [-0.4, -0.2) is 57.3 Å². The molecule has 0 radical (unpaired) electrons. The van der Waals surface area contributed by atoms with Crippen LogP contribution in [-0.2, 0) is 24.1 Å². The van der Waals surface area contributed by atoms with Crippen LogP contribution in [0, 0.1) is 0 Å². The first-order valence-electron chi connectivity index (χ1n) is 6.41. The van der Waals surface area contributed by atoms with E-state index in [0.29, 0.717) is 13.2 Å². The number of nitrogens with one attached hydrogen (secondary N) is 1. The molecule has 0 bridgehead atoms. The van der Waals surface area contributed by atoms with Crippen LogP contribution >= 0.6 is 0 Å². The maximum atomic E-state index is 11.5. The zero-order chi connectivity index (χ0) is 14.5. The Labute approximate surface area is 114 Å². The fourth-order valence-corrected chi connectivity index (χ4v) is 3.21. The predicted octanol–water partition coefficient (Wildman–Crippen LogP) is 0.121. The normalized spacial score (nSPS) is 23.0. The van der Waals surface area contributed by atoms with Gasteiger partial charge in [-0.15, -0.1) is 0 Å². The zero-order valence-corrected chi connectivity index (χ0v) is 12.6. The SMILES string of the molecule is CC(C)(C)OCCOC(=O)CC1CS(=O)(=O)CCN1. The first-order valence-corrected chi connectivity index (χ1v) is 8.23. The number of hydrogen-bond acceptors (Lipinski definition) is 6. The van der Waals surface area contributed by atoms with Crippen molar-refractivity contribution in [2.45, 2.75) is 38.8 Å². The monoisotopic (exact) mass is 293 g/mol. The second-order valence-electron chi connectivity index (χ2n) is 5.65. The number of sulfone groups is 1. The molecule has 0 amide bonds. The first kappa shape index (κ1) is 16.4. The van der Waals surface area contributed by atoms with Crippen molar-refractivity contribution >= 4 is 15.8 Å². The smallest absolute Gasteiger partial charge is 0.307 e. The Morgan fingerprint density at radius 1 is 1.32 bits per heavy atom. The third kappa shape index (κ3) is 7.49. The molecule has 1 unspecified atom stereocenters. The molecule has 0 aromatic heterocycles. The van der Waals surface area contributed by atoms with Crippen LogP contribution in [0.3, 0.4) is 0 Å². The van der Waals surface area contributed by atoms with Crippen LogP contribution in [0.25, 0.3) is 0 Å². The van der Waals surface area contributed by atoms with Crippen LogP contribution in [0.5, 0.6) is 0 Å². The van der Waals surface area contributed by atoms with E-state index in [1.165, 1.54) is 0 Å². The van der Waals surface area contributed by atoms with E-state index in [9.17, 15) is 13.2 Å². The summed E-state index contributed by atoms with van der Waals surface area (Å²) in [5, 5.41) is 3.01. The molecule has 112 valence electrons. The average Bonchev–Trinajstić information content (AvgIpc) is 2.21. The molecule has 1 rings (SSSR count). The highest BCUT2D eigenvalue weighted by molar-refractivity contribution is 7.91. The van der Waals surface area contributed by atoms with Crippen molar-refractivity contribution in [2.24, 2.45) is 0 Å². The maximum Gasteiger partial charge on any atom is 0.307 e. The summed E-state index contributed by atoms with van der Waals surface area (Å²) in [4.78, 5) is 11.5. The molecular formula is C12H23NO5S. The van der Waals surface area contributed by atoms with Crippen molar-refractivity contribution in [3.63, 3.8) is 0 Å². The molecule has 19 heavy (non-hydrogen) atoms. The predicted molar refractivity (Wildman–Crippen MR) is 71.7 cm³/mol. The number of rotatable bonds is 5. The van der Waals surface area contributed by atoms with Gasteiger partial charge in [0.1, 0.15) is 6.61 Å². The van der Waals surface area contributed by atoms with Gasteiger partial charge in [-0.2, -0.15) is 0 Å². The number of carbonyl (C=O) groups excluding carboxylic acids is 1. The lowest BCUT2D eigenvalue weighted by Crippen LogP contribution is -2.46. The summed E-state index contributed by atoms with van der Waals surface area (Å²) in [5.74, 6) is -0.259. The molecule has 0 spiro atoms. The second kappa shape index (κ2) is 6.67. The number of ether oxygens (including phenoxy) is 2. The topological polar surface area (TPSA) is 81.7 Å². The van der Waals surface area contributed by atoms with Crippen LogP contribution in [0.4, 0.5) is 0 Å². The first-order chi connectivity index (χ1) is 8.68. The number of esters is 1. The molecule has 0 saturated carbocycles. The molecule has 1 N–H and O–H groups in total. The molecule has 6 nitrogen and oxygen atoms in total. The molecule has 1 aliphatic heterocycles. The summed E-state index contributed by atoms with van der Waals surface area (Å²) in [5.41, 5.74) is -0.259. The van der Waals surface area contributed by atoms with Crippen molar-refractivity contribution in [1.29, 1.82) is 0 Å². The second-order valence-corrected chi connectivity index (χ2v) is 7.88. The van der Waals surface area contributed by atoms with Gasteiger partial charge in [0.15, 0.2) is 9.84 Å². The Balaban J connectivity index is 2.21. The Morgan fingerprint density at radius 3 is 2.58 bits per heavy atom. The van der Waals surface area contributed by atoms with E-state index in [1.807, 2.05) is 20.8 Å². The lowest BCUT2D eigenvalue weighted by Gasteiger charge is -2.23. The third-order valence-electron chi connectivity index (χ3n) is 2.60. The van der Waals surface area contributed by atoms with E-state index in [-0.39, 0.29) is 36.2 Å². The van der Waals surface area contributed by atoms with Gasteiger partial charge in [-0.25, -0.2) is 8.42 Å². The lowest BCUT2D eigenvalue weighted by atomic mass is 10.2. The largest absolute Gasteiger partial charge is 0.463 e. The Hall–Kier alpha value is -0.660. The Bertz CT molecular complexity index is 399. The fraction of sp³-hybridized carbons (Fsp3) is 0.917. The molecular weight excluding hydrogens is 270 g/mol. The minimum atomic E-state index is -3.02. The summed E-state index contributed by atoms with van der Waals surface area (Å²) >= 11 is 0. The molecule has 7 heteroatoms. The summed E-state index contributed by atoms with van der Waals surface area (Å²) in [6.45, 7) is 6.69. The zero-order valence-electron chi connectivity index (χ0n) is 11.8. The summed E-state index contributed by atoms with van der Waals surface area (Å²) in [6.07, 6.45) is 0.0781. The van der Waals surface area contributed by atoms with Crippen LogP contribution in [0.1, 0.15) is 27.2 Å². The van der Waals surface area contributed by atoms with Gasteiger partial charge < -0.3 is 14.8 Å². The van der Waals surface area contributed by atoms with Crippen molar-refractivity contribution < 1.29 is 22.7 Å². The number of hydrogen-bond donors (Lipinski definition) is 1. The van der Waals surface area contributed by atoms with Crippen molar-refractivity contribution in [3.8, 4) is 0 Å². The molecule has 1 saturated heterocycles. The summed E-state index contributed by atoms with van der Waals surface area (Å²) in [6, 6.07) is -0.338. The molecule has 1 atom stereocenters. The fourth-order valence-electron chi connectivity index (χ4n) is 1.76. The minimum absolute atomic E-state index is 0.000586. The number of carbonyl (C=O) groups is 1. The Kier molecular flexibility index (Phi) is 5.76. The van der Waals surface area contributed by atoms with Gasteiger partial charge in [-0.3, -0.25) is 4.79 Å². The highest BCUT2D eigenvalue weighted by Gasteiger charge is 2.26. The molecule has 1 aliphatic rings. The molecule has 0 aromatic carbocycles. The van der Waals surface area contributed by atoms with Crippen molar-refractivity contribution in [2.75, 3.05) is 31.3 Å². The standard InChI is InChI=1S/C12H23NO5S/c1-12(2,3)18-6-5-17-11(14)8-10-9-19(15,16)7-4-13-10/h10,13H,4-9H2,1-3H3. The summed E-state index contributed by atoms with van der Waals surface area (Å²) in [7, 11) is -3.02. The Morgan fingerprint density at radius 2 is 2.00 bits per heavy atom. The molecule has 0 aliphatic carbocycles. The van der Waals surface area contributed by atoms with E-state index in [0.717, 1.165) is 0 Å². The van der Waals surface area contributed by atoms with Crippen molar-refractivity contribution in [1.82, 2.24) is 5.32 Å². The van der Waals surface area contributed by atoms with Gasteiger partial charge in [0.05, 0.1) is 30.1 Å². The summed E-state index contributed by atoms with van der Waals surface area (Å²) < 4.78 is 33.2. The van der Waals surface area contributed by atoms with Gasteiger partial charge in [0.2, 0.25) is 0 Å². The van der Waals surface area contributed by atoms with Crippen molar-refractivity contribution in [3.05, 3.63) is 0 Å². The van der Waals surface area contributed by atoms with E-state index >= 15 is 0 Å². The van der Waals surface area contributed by atoms with E-state index in [2.05, 4.69) is 5.32 Å². The van der Waals surface area contributed by atoms with Crippen LogP contribution in [0.2, 0.25) is 0 Å². The third-order valence-corrected chi connectivity index (χ3v) is 4.33. The average molecular weight is 293 g/mol.